The van der Waals surface area contributed by atoms with Gasteiger partial charge in [-0.15, -0.1) is 0 Å². The van der Waals surface area contributed by atoms with E-state index in [-0.39, 0.29) is 11.3 Å². The van der Waals surface area contributed by atoms with E-state index in [1.54, 1.807) is 22.8 Å². The monoisotopic (exact) mass is 346 g/mol. The first-order valence-electron chi connectivity index (χ1n) is 6.74. The standard InChI is InChI=1S/C12H18N4O4S2/c1-2-4-9(7-12(17)14-18)15-22(19,20)11-5-3-6-16-10(11)8-13-21-16/h3,5-6,8-9,13,15,18H,2,4,7H2,1H3,(H,14,17). The van der Waals surface area contributed by atoms with Gasteiger partial charge >= 0.3 is 0 Å². The second-order valence-corrected chi connectivity index (χ2v) is 7.28. The summed E-state index contributed by atoms with van der Waals surface area (Å²) in [5, 5.41) is 8.60. The van der Waals surface area contributed by atoms with Gasteiger partial charge in [-0.25, -0.2) is 18.6 Å². The Bertz CT molecular complexity index is 627. The summed E-state index contributed by atoms with van der Waals surface area (Å²) in [6.07, 6.45) is 7.58. The summed E-state index contributed by atoms with van der Waals surface area (Å²) in [5.74, 6) is -0.627. The first kappa shape index (κ1) is 16.9. The van der Waals surface area contributed by atoms with Crippen molar-refractivity contribution < 1.29 is 18.4 Å². The molecule has 0 aromatic heterocycles. The molecule has 10 heteroatoms. The Balaban J connectivity index is 2.16. The lowest BCUT2D eigenvalue weighted by Crippen LogP contribution is -2.40. The number of hydrogen-bond donors (Lipinski definition) is 4. The molecule has 4 N–H and O–H groups in total. The summed E-state index contributed by atoms with van der Waals surface area (Å²) >= 11 is 1.26. The van der Waals surface area contributed by atoms with Crippen molar-refractivity contribution in [1.29, 1.82) is 0 Å². The summed E-state index contributed by atoms with van der Waals surface area (Å²) in [6, 6.07) is -0.579. The zero-order valence-corrected chi connectivity index (χ0v) is 13.6. The normalized spacial score (nSPS) is 18.2. The van der Waals surface area contributed by atoms with Crippen LogP contribution in [0.3, 0.4) is 0 Å². The summed E-state index contributed by atoms with van der Waals surface area (Å²) in [7, 11) is -3.78. The number of carbonyl (C=O) groups excluding carboxylic acids is 1. The summed E-state index contributed by atoms with van der Waals surface area (Å²) in [4.78, 5) is 11.4. The number of hydrogen-bond acceptors (Lipinski definition) is 7. The highest BCUT2D eigenvalue weighted by Gasteiger charge is 2.31. The van der Waals surface area contributed by atoms with Crippen LogP contribution in [-0.2, 0) is 14.8 Å². The maximum absolute atomic E-state index is 12.6. The highest BCUT2D eigenvalue weighted by Crippen LogP contribution is 2.32. The van der Waals surface area contributed by atoms with E-state index in [2.05, 4.69) is 9.44 Å². The van der Waals surface area contributed by atoms with E-state index < -0.39 is 22.0 Å². The number of nitrogens with one attached hydrogen (secondary N) is 3. The lowest BCUT2D eigenvalue weighted by molar-refractivity contribution is -0.129. The summed E-state index contributed by atoms with van der Waals surface area (Å²) in [6.45, 7) is 1.89. The van der Waals surface area contributed by atoms with Crippen LogP contribution in [0, 0.1) is 0 Å². The topological polar surface area (TPSA) is 111 Å². The van der Waals surface area contributed by atoms with E-state index >= 15 is 0 Å². The summed E-state index contributed by atoms with van der Waals surface area (Å²) in [5.41, 5.74) is 2.05. The van der Waals surface area contributed by atoms with Crippen molar-refractivity contribution in [3.63, 3.8) is 0 Å². The van der Waals surface area contributed by atoms with Crippen molar-refractivity contribution >= 4 is 28.1 Å². The molecule has 0 bridgehead atoms. The van der Waals surface area contributed by atoms with Crippen molar-refractivity contribution in [3.05, 3.63) is 35.2 Å². The van der Waals surface area contributed by atoms with Crippen LogP contribution in [0.4, 0.5) is 0 Å². The Morgan fingerprint density at radius 3 is 3.00 bits per heavy atom. The number of fused-ring (bicyclic) bond motifs is 1. The highest BCUT2D eigenvalue weighted by molar-refractivity contribution is 7.96. The minimum absolute atomic E-state index is 0.123. The number of amides is 1. The molecule has 0 aliphatic carbocycles. The molecule has 2 aliphatic heterocycles. The molecular weight excluding hydrogens is 328 g/mol. The zero-order chi connectivity index (χ0) is 16.2. The molecule has 2 aliphatic rings. The molecule has 2 heterocycles. The predicted molar refractivity (Wildman–Crippen MR) is 83.2 cm³/mol. The molecule has 0 fully saturated rings. The average molecular weight is 346 g/mol. The minimum Gasteiger partial charge on any atom is -0.316 e. The number of rotatable bonds is 7. The second kappa shape index (κ2) is 7.18. The fraction of sp³-hybridized carbons (Fsp3) is 0.417. The Morgan fingerprint density at radius 2 is 2.32 bits per heavy atom. The molecule has 122 valence electrons. The van der Waals surface area contributed by atoms with Crippen molar-refractivity contribution in [3.8, 4) is 0 Å². The number of allylic oxidation sites excluding steroid dienone is 2. The maximum Gasteiger partial charge on any atom is 0.244 e. The van der Waals surface area contributed by atoms with Crippen LogP contribution in [0.15, 0.2) is 35.2 Å². The van der Waals surface area contributed by atoms with E-state index in [9.17, 15) is 13.2 Å². The molecule has 0 radical (unpaired) electrons. The van der Waals surface area contributed by atoms with E-state index in [1.165, 1.54) is 23.7 Å². The Labute approximate surface area is 133 Å². The molecule has 0 spiro atoms. The van der Waals surface area contributed by atoms with Crippen molar-refractivity contribution in [2.24, 2.45) is 0 Å². The van der Waals surface area contributed by atoms with Gasteiger partial charge in [-0.3, -0.25) is 14.3 Å². The third-order valence-electron chi connectivity index (χ3n) is 3.11. The van der Waals surface area contributed by atoms with Crippen molar-refractivity contribution in [2.75, 3.05) is 0 Å². The van der Waals surface area contributed by atoms with Gasteiger partial charge < -0.3 is 4.72 Å². The van der Waals surface area contributed by atoms with Gasteiger partial charge in [0.1, 0.15) is 4.91 Å². The first-order chi connectivity index (χ1) is 10.5. The van der Waals surface area contributed by atoms with Gasteiger partial charge in [-0.2, -0.15) is 0 Å². The van der Waals surface area contributed by atoms with Gasteiger partial charge in [0.2, 0.25) is 15.9 Å². The molecular formula is C12H18N4O4S2. The number of nitrogens with zero attached hydrogens (tertiary/aromatic N) is 1. The smallest absolute Gasteiger partial charge is 0.244 e. The molecule has 1 atom stereocenters. The van der Waals surface area contributed by atoms with Crippen LogP contribution in [-0.4, -0.2) is 29.9 Å². The maximum atomic E-state index is 12.6. The fourth-order valence-electron chi connectivity index (χ4n) is 2.17. The molecule has 0 aromatic rings. The second-order valence-electron chi connectivity index (χ2n) is 4.78. The lowest BCUT2D eigenvalue weighted by Gasteiger charge is -2.23. The van der Waals surface area contributed by atoms with E-state index in [1.807, 2.05) is 6.92 Å². The molecule has 1 amide bonds. The molecule has 0 aromatic carbocycles. The Hall–Kier alpha value is -1.49. The quantitative estimate of drug-likeness (QED) is 0.305. The third kappa shape index (κ3) is 3.83. The van der Waals surface area contributed by atoms with Crippen LogP contribution in [0.1, 0.15) is 26.2 Å². The third-order valence-corrected chi connectivity index (χ3v) is 5.42. The Morgan fingerprint density at radius 1 is 1.55 bits per heavy atom. The first-order valence-corrected chi connectivity index (χ1v) is 8.99. The van der Waals surface area contributed by atoms with E-state index in [0.717, 1.165) is 0 Å². The molecule has 0 saturated heterocycles. The van der Waals surface area contributed by atoms with Crippen molar-refractivity contribution in [2.45, 2.75) is 32.2 Å². The van der Waals surface area contributed by atoms with Crippen LogP contribution < -0.4 is 14.9 Å². The van der Waals surface area contributed by atoms with Gasteiger partial charge in [-0.05, 0) is 18.6 Å². The largest absolute Gasteiger partial charge is 0.316 e. The van der Waals surface area contributed by atoms with Gasteiger partial charge in [0, 0.05) is 24.9 Å². The van der Waals surface area contributed by atoms with Gasteiger partial charge in [-0.1, -0.05) is 13.3 Å². The van der Waals surface area contributed by atoms with Crippen LogP contribution >= 0.6 is 12.1 Å². The van der Waals surface area contributed by atoms with Crippen molar-refractivity contribution in [1.82, 2.24) is 19.2 Å². The molecule has 0 saturated carbocycles. The number of hydroxylamine groups is 1. The zero-order valence-electron chi connectivity index (χ0n) is 11.9. The predicted octanol–water partition coefficient (Wildman–Crippen LogP) is 0.691. The molecule has 8 nitrogen and oxygen atoms in total. The lowest BCUT2D eigenvalue weighted by atomic mass is 10.1. The van der Waals surface area contributed by atoms with E-state index in [4.69, 9.17) is 5.21 Å². The van der Waals surface area contributed by atoms with E-state index in [0.29, 0.717) is 18.5 Å². The molecule has 22 heavy (non-hydrogen) atoms. The highest BCUT2D eigenvalue weighted by atomic mass is 32.2. The Kier molecular flexibility index (Phi) is 5.51. The van der Waals surface area contributed by atoms with Crippen LogP contribution in [0.2, 0.25) is 0 Å². The number of sulfonamides is 1. The average Bonchev–Trinajstić information content (AvgIpc) is 2.94. The fourth-order valence-corrected chi connectivity index (χ4v) is 4.34. The van der Waals surface area contributed by atoms with Crippen LogP contribution in [0.5, 0.6) is 0 Å². The van der Waals surface area contributed by atoms with Gasteiger partial charge in [0.25, 0.3) is 0 Å². The van der Waals surface area contributed by atoms with Gasteiger partial charge in [0.15, 0.2) is 0 Å². The SMILES string of the molecule is CCCC(CC(=O)NO)NS(=O)(=O)C1=CC=CN2SNC=C12. The summed E-state index contributed by atoms with van der Waals surface area (Å²) < 4.78 is 32.3. The minimum atomic E-state index is -3.78. The van der Waals surface area contributed by atoms with Gasteiger partial charge in [0.05, 0.1) is 17.8 Å². The molecule has 2 rings (SSSR count). The van der Waals surface area contributed by atoms with Crippen LogP contribution in [0.25, 0.3) is 0 Å². The number of carbonyl (C=O) groups is 1. The molecule has 1 unspecified atom stereocenters.